The Kier molecular flexibility index (Phi) is 7.32. The summed E-state index contributed by atoms with van der Waals surface area (Å²) < 4.78 is 0. The Bertz CT molecular complexity index is 1260. The number of fused-ring (bicyclic) bond motifs is 1. The Morgan fingerprint density at radius 3 is 2.52 bits per heavy atom. The topological polar surface area (TPSA) is 84.0 Å². The van der Waals surface area contributed by atoms with Crippen molar-refractivity contribution in [3.8, 4) is 11.3 Å². The van der Waals surface area contributed by atoms with Crippen molar-refractivity contribution < 1.29 is 9.59 Å². The van der Waals surface area contributed by atoms with Crippen LogP contribution >= 0.6 is 11.8 Å². The molecule has 2 aromatic heterocycles. The van der Waals surface area contributed by atoms with Crippen molar-refractivity contribution in [2.45, 2.75) is 19.1 Å². The zero-order chi connectivity index (χ0) is 23.0. The van der Waals surface area contributed by atoms with Crippen molar-refractivity contribution in [1.29, 1.82) is 0 Å². The van der Waals surface area contributed by atoms with E-state index in [0.29, 0.717) is 23.4 Å². The van der Waals surface area contributed by atoms with Crippen LogP contribution in [-0.2, 0) is 10.5 Å². The molecule has 4 rings (SSSR count). The first-order chi connectivity index (χ1) is 16.1. The number of aryl methyl sites for hydroxylation is 1. The van der Waals surface area contributed by atoms with Crippen LogP contribution in [0.2, 0.25) is 0 Å². The lowest BCUT2D eigenvalue weighted by Gasteiger charge is -2.11. The van der Waals surface area contributed by atoms with Gasteiger partial charge in [0.05, 0.1) is 22.5 Å². The lowest BCUT2D eigenvalue weighted by Crippen LogP contribution is -2.41. The van der Waals surface area contributed by atoms with Gasteiger partial charge in [0.15, 0.2) is 0 Å². The fourth-order valence-electron chi connectivity index (χ4n) is 3.32. The number of nitrogens with zero attached hydrogens (tertiary/aromatic N) is 2. The lowest BCUT2D eigenvalue weighted by molar-refractivity contribution is -0.121. The van der Waals surface area contributed by atoms with Crippen LogP contribution in [0.1, 0.15) is 28.0 Å². The highest BCUT2D eigenvalue weighted by Crippen LogP contribution is 2.25. The third-order valence-electron chi connectivity index (χ3n) is 5.07. The van der Waals surface area contributed by atoms with E-state index in [1.54, 1.807) is 24.0 Å². The maximum Gasteiger partial charge on any atom is 0.270 e. The molecule has 0 aliphatic heterocycles. The number of benzene rings is 2. The van der Waals surface area contributed by atoms with Crippen molar-refractivity contribution in [3.63, 3.8) is 0 Å². The Balaban J connectivity index is 1.40. The fraction of sp³-hybridized carbons (Fsp3) is 0.154. The summed E-state index contributed by atoms with van der Waals surface area (Å²) in [7, 11) is 0. The second-order valence-electron chi connectivity index (χ2n) is 7.56. The molecule has 2 N–H and O–H groups in total. The third-order valence-corrected chi connectivity index (χ3v) is 6.07. The van der Waals surface area contributed by atoms with Crippen LogP contribution in [0.15, 0.2) is 79.0 Å². The van der Waals surface area contributed by atoms with Gasteiger partial charge >= 0.3 is 0 Å². The number of para-hydroxylation sites is 1. The van der Waals surface area contributed by atoms with Crippen molar-refractivity contribution in [1.82, 2.24) is 20.8 Å². The highest BCUT2D eigenvalue weighted by molar-refractivity contribution is 7.98. The Labute approximate surface area is 196 Å². The predicted molar refractivity (Wildman–Crippen MR) is 133 cm³/mol. The first-order valence-electron chi connectivity index (χ1n) is 10.6. The summed E-state index contributed by atoms with van der Waals surface area (Å²) in [6.07, 6.45) is 2.05. The highest BCUT2D eigenvalue weighted by atomic mass is 32.2. The molecule has 0 fully saturated rings. The van der Waals surface area contributed by atoms with Crippen LogP contribution in [0.3, 0.4) is 0 Å². The van der Waals surface area contributed by atoms with Gasteiger partial charge in [-0.2, -0.15) is 11.8 Å². The van der Waals surface area contributed by atoms with Crippen molar-refractivity contribution >= 4 is 34.5 Å². The number of rotatable bonds is 7. The van der Waals surface area contributed by atoms with Crippen LogP contribution in [0.25, 0.3) is 22.2 Å². The highest BCUT2D eigenvalue weighted by Gasteiger charge is 2.14. The largest absolute Gasteiger partial charge is 0.273 e. The van der Waals surface area contributed by atoms with Gasteiger partial charge in [0.25, 0.3) is 5.91 Å². The van der Waals surface area contributed by atoms with Crippen LogP contribution in [0.4, 0.5) is 0 Å². The van der Waals surface area contributed by atoms with Gasteiger partial charge < -0.3 is 0 Å². The van der Waals surface area contributed by atoms with Gasteiger partial charge in [0.1, 0.15) is 0 Å². The van der Waals surface area contributed by atoms with Crippen molar-refractivity contribution in [2.75, 3.05) is 5.75 Å². The fourth-order valence-corrected chi connectivity index (χ4v) is 4.17. The lowest BCUT2D eigenvalue weighted by atomic mass is 10.0. The maximum absolute atomic E-state index is 12.9. The average molecular weight is 457 g/mol. The number of thioether (sulfide) groups is 1. The Morgan fingerprint density at radius 2 is 1.73 bits per heavy atom. The Hall–Kier alpha value is -3.71. The van der Waals surface area contributed by atoms with Gasteiger partial charge in [-0.15, -0.1) is 0 Å². The summed E-state index contributed by atoms with van der Waals surface area (Å²) in [4.78, 5) is 34.1. The van der Waals surface area contributed by atoms with Gasteiger partial charge in [-0.1, -0.05) is 54.1 Å². The van der Waals surface area contributed by atoms with Crippen LogP contribution in [-0.4, -0.2) is 27.5 Å². The first kappa shape index (κ1) is 22.5. The molecule has 33 heavy (non-hydrogen) atoms. The summed E-state index contributed by atoms with van der Waals surface area (Å²) in [5, 5.41) is 0.728. The minimum Gasteiger partial charge on any atom is -0.273 e. The minimum absolute atomic E-state index is 0.242. The number of hydrogen-bond acceptors (Lipinski definition) is 5. The van der Waals surface area contributed by atoms with E-state index < -0.39 is 0 Å². The molecule has 0 bridgehead atoms. The Morgan fingerprint density at radius 1 is 0.939 bits per heavy atom. The summed E-state index contributed by atoms with van der Waals surface area (Å²) in [6.45, 7) is 2.02. The number of carbonyl (C=O) groups excluding carboxylic acids is 2. The van der Waals surface area contributed by atoms with E-state index >= 15 is 0 Å². The molecule has 0 saturated carbocycles. The van der Waals surface area contributed by atoms with Gasteiger partial charge in [0, 0.05) is 35.1 Å². The van der Waals surface area contributed by atoms with Gasteiger partial charge in [-0.25, -0.2) is 4.98 Å². The molecule has 0 aliphatic rings. The molecule has 6 nitrogen and oxygen atoms in total. The number of carbonyl (C=O) groups is 2. The number of pyridine rings is 2. The van der Waals surface area contributed by atoms with Gasteiger partial charge in [-0.05, 0) is 31.2 Å². The number of hydrogen-bond donors (Lipinski definition) is 2. The molecular formula is C26H24N4O2S. The monoisotopic (exact) mass is 456 g/mol. The SMILES string of the molecule is Cc1ccc(-c2cc(C(=O)NNC(=O)CCSCc3ccccn3)c3ccccc3n2)cc1. The molecule has 2 heterocycles. The van der Waals surface area contributed by atoms with Gasteiger partial charge in [-0.3, -0.25) is 25.4 Å². The van der Waals surface area contributed by atoms with E-state index in [-0.39, 0.29) is 11.8 Å². The van der Waals surface area contributed by atoms with E-state index in [1.165, 1.54) is 0 Å². The number of aromatic nitrogens is 2. The molecule has 0 radical (unpaired) electrons. The second-order valence-corrected chi connectivity index (χ2v) is 8.67. The molecule has 0 saturated heterocycles. The third kappa shape index (κ3) is 5.96. The predicted octanol–water partition coefficient (Wildman–Crippen LogP) is 4.69. The number of hydrazine groups is 1. The standard InChI is InChI=1S/C26H24N4O2S/c1-18-9-11-19(12-10-18)24-16-22(21-7-2-3-8-23(21)28-24)26(32)30-29-25(31)13-15-33-17-20-6-4-5-14-27-20/h2-12,14,16H,13,15,17H2,1H3,(H,29,31)(H,30,32). The molecule has 2 aromatic carbocycles. The zero-order valence-corrected chi connectivity index (χ0v) is 19.1. The molecule has 4 aromatic rings. The molecule has 0 aliphatic carbocycles. The van der Waals surface area contributed by atoms with E-state index in [2.05, 4.69) is 15.8 Å². The van der Waals surface area contributed by atoms with Crippen molar-refractivity contribution in [2.24, 2.45) is 0 Å². The van der Waals surface area contributed by atoms with E-state index in [4.69, 9.17) is 4.98 Å². The summed E-state index contributed by atoms with van der Waals surface area (Å²) in [5.41, 5.74) is 10.0. The first-order valence-corrected chi connectivity index (χ1v) is 11.8. The quantitative estimate of drug-likeness (QED) is 0.311. The normalized spacial score (nSPS) is 10.7. The van der Waals surface area contributed by atoms with E-state index in [0.717, 1.165) is 33.5 Å². The zero-order valence-electron chi connectivity index (χ0n) is 18.2. The molecule has 166 valence electrons. The summed E-state index contributed by atoms with van der Waals surface area (Å²) in [6, 6.07) is 23.0. The van der Waals surface area contributed by atoms with Crippen LogP contribution in [0, 0.1) is 6.92 Å². The maximum atomic E-state index is 12.9. The molecule has 2 amide bonds. The number of nitrogens with one attached hydrogen (secondary N) is 2. The molecule has 0 atom stereocenters. The second kappa shape index (κ2) is 10.7. The van der Waals surface area contributed by atoms with E-state index in [1.807, 2.05) is 73.7 Å². The van der Waals surface area contributed by atoms with Gasteiger partial charge in [0.2, 0.25) is 5.91 Å². The van der Waals surface area contributed by atoms with Crippen molar-refractivity contribution in [3.05, 3.63) is 95.8 Å². The van der Waals surface area contributed by atoms with E-state index in [9.17, 15) is 9.59 Å². The molecule has 0 spiro atoms. The molecule has 0 unspecified atom stereocenters. The molecule has 7 heteroatoms. The van der Waals surface area contributed by atoms with Crippen LogP contribution in [0.5, 0.6) is 0 Å². The minimum atomic E-state index is -0.378. The summed E-state index contributed by atoms with van der Waals surface area (Å²) in [5.74, 6) is 0.754. The number of amides is 2. The van der Waals surface area contributed by atoms with Crippen LogP contribution < -0.4 is 10.9 Å². The molecular weight excluding hydrogens is 432 g/mol. The summed E-state index contributed by atoms with van der Waals surface area (Å²) >= 11 is 1.62. The smallest absolute Gasteiger partial charge is 0.270 e. The average Bonchev–Trinajstić information content (AvgIpc) is 2.85.